The van der Waals surface area contributed by atoms with Gasteiger partial charge in [-0.25, -0.2) is 0 Å². The minimum atomic E-state index is 0.340. The highest BCUT2D eigenvalue weighted by atomic mass is 16.5. The normalized spacial score (nSPS) is 27.4. The van der Waals surface area contributed by atoms with Gasteiger partial charge in [0.25, 0.3) is 0 Å². The largest absolute Gasteiger partial charge is 0.377 e. The molecule has 1 aliphatic rings. The molecule has 1 rings (SSSR count). The van der Waals surface area contributed by atoms with Gasteiger partial charge in [0.15, 0.2) is 0 Å². The Hall–Kier alpha value is -0.120. The molecule has 0 aliphatic heterocycles. The van der Waals surface area contributed by atoms with Crippen molar-refractivity contribution < 1.29 is 4.74 Å². The lowest BCUT2D eigenvalue weighted by Crippen LogP contribution is -2.52. The molecule has 0 radical (unpaired) electrons. The lowest BCUT2D eigenvalue weighted by Gasteiger charge is -2.41. The van der Waals surface area contributed by atoms with Gasteiger partial charge in [0.2, 0.25) is 0 Å². The van der Waals surface area contributed by atoms with Crippen LogP contribution in [0.3, 0.4) is 0 Å². The second kappa shape index (κ2) is 9.75. The van der Waals surface area contributed by atoms with Gasteiger partial charge in [-0.15, -0.1) is 0 Å². The molecule has 0 heterocycles. The Kier molecular flexibility index (Phi) is 8.74. The van der Waals surface area contributed by atoms with Crippen molar-refractivity contribution in [1.29, 1.82) is 0 Å². The number of ether oxygens (including phenoxy) is 1. The van der Waals surface area contributed by atoms with E-state index in [-0.39, 0.29) is 0 Å². The van der Waals surface area contributed by atoms with E-state index >= 15 is 0 Å². The molecule has 1 saturated carbocycles. The summed E-state index contributed by atoms with van der Waals surface area (Å²) in [5.41, 5.74) is 0. The van der Waals surface area contributed by atoms with Crippen LogP contribution in [-0.2, 0) is 4.74 Å². The fourth-order valence-electron chi connectivity index (χ4n) is 3.49. The van der Waals surface area contributed by atoms with Crippen LogP contribution in [0.15, 0.2) is 0 Å². The van der Waals surface area contributed by atoms with Crippen LogP contribution in [-0.4, -0.2) is 49.8 Å². The van der Waals surface area contributed by atoms with E-state index in [1.807, 2.05) is 0 Å². The van der Waals surface area contributed by atoms with Crippen LogP contribution >= 0.6 is 0 Å². The Morgan fingerprint density at radius 1 is 1.25 bits per heavy atom. The van der Waals surface area contributed by atoms with Gasteiger partial charge in [0.1, 0.15) is 0 Å². The Labute approximate surface area is 126 Å². The minimum Gasteiger partial charge on any atom is -0.377 e. The van der Waals surface area contributed by atoms with E-state index in [4.69, 9.17) is 4.74 Å². The summed E-state index contributed by atoms with van der Waals surface area (Å²) >= 11 is 0. The number of hydrogen-bond donors (Lipinski definition) is 1. The van der Waals surface area contributed by atoms with E-state index in [9.17, 15) is 0 Å². The molecule has 1 N–H and O–H groups in total. The molecular formula is C17H36N2O. The van der Waals surface area contributed by atoms with E-state index in [0.29, 0.717) is 18.2 Å². The molecule has 0 amide bonds. The van der Waals surface area contributed by atoms with Gasteiger partial charge in [0.05, 0.1) is 12.7 Å². The quantitative estimate of drug-likeness (QED) is 0.703. The summed E-state index contributed by atoms with van der Waals surface area (Å²) < 4.78 is 5.71. The van der Waals surface area contributed by atoms with E-state index in [0.717, 1.165) is 25.6 Å². The SMILES string of the molecule is CCCC1CCC(NCC)C(N(C)CCOC(C)C)C1. The topological polar surface area (TPSA) is 24.5 Å². The predicted molar refractivity (Wildman–Crippen MR) is 87.2 cm³/mol. The van der Waals surface area contributed by atoms with Gasteiger partial charge in [-0.1, -0.05) is 26.7 Å². The van der Waals surface area contributed by atoms with Crippen molar-refractivity contribution in [3.8, 4) is 0 Å². The van der Waals surface area contributed by atoms with Crippen molar-refractivity contribution in [1.82, 2.24) is 10.2 Å². The standard InChI is InChI=1S/C17H36N2O/c1-6-8-15-9-10-16(18-7-2)17(13-15)19(5)11-12-20-14(3)4/h14-18H,6-13H2,1-5H3. The number of nitrogens with zero attached hydrogens (tertiary/aromatic N) is 1. The van der Waals surface area contributed by atoms with Crippen LogP contribution in [0.25, 0.3) is 0 Å². The first-order valence-corrected chi connectivity index (χ1v) is 8.63. The van der Waals surface area contributed by atoms with Crippen molar-refractivity contribution >= 4 is 0 Å². The maximum Gasteiger partial charge on any atom is 0.0596 e. The zero-order valence-corrected chi connectivity index (χ0v) is 14.3. The molecule has 120 valence electrons. The summed E-state index contributed by atoms with van der Waals surface area (Å²) in [5.74, 6) is 0.924. The van der Waals surface area contributed by atoms with Crippen LogP contribution in [0.2, 0.25) is 0 Å². The molecule has 0 aromatic heterocycles. The van der Waals surface area contributed by atoms with Crippen molar-refractivity contribution in [3.63, 3.8) is 0 Å². The maximum atomic E-state index is 5.71. The number of hydrogen-bond acceptors (Lipinski definition) is 3. The van der Waals surface area contributed by atoms with Crippen LogP contribution in [0.1, 0.15) is 59.8 Å². The first kappa shape index (κ1) is 17.9. The second-order valence-electron chi connectivity index (χ2n) is 6.60. The van der Waals surface area contributed by atoms with Crippen LogP contribution in [0.5, 0.6) is 0 Å². The predicted octanol–water partition coefficient (Wildman–Crippen LogP) is 3.29. The summed E-state index contributed by atoms with van der Waals surface area (Å²) in [6, 6.07) is 1.34. The summed E-state index contributed by atoms with van der Waals surface area (Å²) in [6.07, 6.45) is 7.14. The van der Waals surface area contributed by atoms with Gasteiger partial charge in [-0.05, 0) is 52.6 Å². The average Bonchev–Trinajstić information content (AvgIpc) is 2.40. The third kappa shape index (κ3) is 6.11. The summed E-state index contributed by atoms with van der Waals surface area (Å²) in [6.45, 7) is 11.7. The van der Waals surface area contributed by atoms with Crippen LogP contribution < -0.4 is 5.32 Å². The van der Waals surface area contributed by atoms with Crippen LogP contribution in [0.4, 0.5) is 0 Å². The maximum absolute atomic E-state index is 5.71. The molecule has 20 heavy (non-hydrogen) atoms. The summed E-state index contributed by atoms with van der Waals surface area (Å²) in [4.78, 5) is 2.53. The zero-order valence-electron chi connectivity index (χ0n) is 14.3. The molecule has 0 aromatic rings. The highest BCUT2D eigenvalue weighted by Gasteiger charge is 2.31. The number of nitrogens with one attached hydrogen (secondary N) is 1. The molecule has 0 spiro atoms. The molecule has 3 unspecified atom stereocenters. The van der Waals surface area contributed by atoms with Gasteiger partial charge in [0, 0.05) is 18.6 Å². The number of likely N-dealkylation sites (N-methyl/N-ethyl adjacent to an activating group) is 2. The van der Waals surface area contributed by atoms with E-state index in [2.05, 4.69) is 45.0 Å². The summed E-state index contributed by atoms with van der Waals surface area (Å²) in [7, 11) is 2.27. The molecule has 0 aromatic carbocycles. The van der Waals surface area contributed by atoms with Gasteiger partial charge in [-0.3, -0.25) is 4.90 Å². The first-order valence-electron chi connectivity index (χ1n) is 8.63. The van der Waals surface area contributed by atoms with E-state index < -0.39 is 0 Å². The Bertz CT molecular complexity index is 245. The van der Waals surface area contributed by atoms with Crippen molar-refractivity contribution in [2.24, 2.45) is 5.92 Å². The third-order valence-electron chi connectivity index (χ3n) is 4.55. The van der Waals surface area contributed by atoms with E-state index in [1.165, 1.54) is 32.1 Å². The lowest BCUT2D eigenvalue weighted by molar-refractivity contribution is 0.0401. The average molecular weight is 284 g/mol. The summed E-state index contributed by atoms with van der Waals surface area (Å²) in [5, 5.41) is 3.69. The molecule has 3 nitrogen and oxygen atoms in total. The third-order valence-corrected chi connectivity index (χ3v) is 4.55. The fourth-order valence-corrected chi connectivity index (χ4v) is 3.49. The minimum absolute atomic E-state index is 0.340. The van der Waals surface area contributed by atoms with Crippen molar-refractivity contribution in [3.05, 3.63) is 0 Å². The molecule has 1 aliphatic carbocycles. The Balaban J connectivity index is 2.48. The smallest absolute Gasteiger partial charge is 0.0596 e. The number of rotatable bonds is 9. The molecular weight excluding hydrogens is 248 g/mol. The lowest BCUT2D eigenvalue weighted by atomic mass is 9.79. The van der Waals surface area contributed by atoms with Gasteiger partial charge >= 0.3 is 0 Å². The van der Waals surface area contributed by atoms with Crippen molar-refractivity contribution in [2.45, 2.75) is 78.0 Å². The monoisotopic (exact) mass is 284 g/mol. The Morgan fingerprint density at radius 2 is 2.00 bits per heavy atom. The molecule has 3 atom stereocenters. The molecule has 3 heteroatoms. The zero-order chi connectivity index (χ0) is 15.0. The highest BCUT2D eigenvalue weighted by molar-refractivity contribution is 4.90. The highest BCUT2D eigenvalue weighted by Crippen LogP contribution is 2.30. The van der Waals surface area contributed by atoms with Crippen LogP contribution in [0, 0.1) is 5.92 Å². The van der Waals surface area contributed by atoms with E-state index in [1.54, 1.807) is 0 Å². The Morgan fingerprint density at radius 3 is 2.60 bits per heavy atom. The molecule has 0 saturated heterocycles. The molecule has 0 bridgehead atoms. The van der Waals surface area contributed by atoms with Gasteiger partial charge in [-0.2, -0.15) is 0 Å². The second-order valence-corrected chi connectivity index (χ2v) is 6.60. The molecule has 1 fully saturated rings. The van der Waals surface area contributed by atoms with Crippen molar-refractivity contribution in [2.75, 3.05) is 26.7 Å². The van der Waals surface area contributed by atoms with Gasteiger partial charge < -0.3 is 10.1 Å². The first-order chi connectivity index (χ1) is 9.58. The fraction of sp³-hybridized carbons (Fsp3) is 1.00.